The number of benzene rings is 1. The maximum Gasteiger partial charge on any atom is 0.573 e. The van der Waals surface area contributed by atoms with Gasteiger partial charge >= 0.3 is 13.5 Å². The van der Waals surface area contributed by atoms with E-state index in [0.29, 0.717) is 5.46 Å². The number of hydrogen-bond donors (Lipinski definition) is 0. The molecule has 0 atom stereocenters. The molecule has 0 aromatic heterocycles. The predicted octanol–water partition coefficient (Wildman–Crippen LogP) is 3.54. The molecule has 0 bridgehead atoms. The van der Waals surface area contributed by atoms with Gasteiger partial charge in [0.1, 0.15) is 5.75 Å². The van der Waals surface area contributed by atoms with E-state index in [9.17, 15) is 13.2 Å². The van der Waals surface area contributed by atoms with E-state index in [0.717, 1.165) is 0 Å². The van der Waals surface area contributed by atoms with E-state index in [1.165, 1.54) is 12.1 Å². The van der Waals surface area contributed by atoms with E-state index in [2.05, 4.69) is 4.74 Å². The molecule has 1 aliphatic heterocycles. The second-order valence-electron chi connectivity index (χ2n) is 5.83. The molecule has 1 aliphatic rings. The molecule has 3 nitrogen and oxygen atoms in total. The molecule has 0 amide bonds. The summed E-state index contributed by atoms with van der Waals surface area (Å²) in [5.41, 5.74) is -0.748. The summed E-state index contributed by atoms with van der Waals surface area (Å²) in [6.07, 6.45) is -4.81. The van der Waals surface area contributed by atoms with Crippen LogP contribution < -0.4 is 10.2 Å². The molecule has 0 aliphatic carbocycles. The molecular weight excluding hydrogens is 307 g/mol. The van der Waals surface area contributed by atoms with Crippen molar-refractivity contribution in [1.82, 2.24) is 0 Å². The first-order chi connectivity index (χ1) is 9.41. The lowest BCUT2D eigenvalue weighted by molar-refractivity contribution is -0.274. The zero-order valence-corrected chi connectivity index (χ0v) is 12.8. The largest absolute Gasteiger partial charge is 0.573 e. The van der Waals surface area contributed by atoms with E-state index < -0.39 is 30.4 Å². The lowest BCUT2D eigenvalue weighted by Gasteiger charge is -2.32. The van der Waals surface area contributed by atoms with Gasteiger partial charge in [-0.1, -0.05) is 17.7 Å². The van der Waals surface area contributed by atoms with Crippen LogP contribution in [0, 0.1) is 0 Å². The Kier molecular flexibility index (Phi) is 3.97. The maximum absolute atomic E-state index is 12.3. The van der Waals surface area contributed by atoms with Gasteiger partial charge in [-0.05, 0) is 45.3 Å². The minimum absolute atomic E-state index is 0.132. The summed E-state index contributed by atoms with van der Waals surface area (Å²) < 4.78 is 52.4. The van der Waals surface area contributed by atoms with Crippen molar-refractivity contribution in [3.63, 3.8) is 0 Å². The van der Waals surface area contributed by atoms with Gasteiger partial charge < -0.3 is 14.0 Å². The first-order valence-corrected chi connectivity index (χ1v) is 6.70. The van der Waals surface area contributed by atoms with E-state index in [1.54, 1.807) is 6.07 Å². The molecule has 1 aromatic rings. The summed E-state index contributed by atoms with van der Waals surface area (Å²) in [7, 11) is -0.775. The van der Waals surface area contributed by atoms with Gasteiger partial charge in [-0.15, -0.1) is 13.2 Å². The van der Waals surface area contributed by atoms with E-state index in [-0.39, 0.29) is 5.02 Å². The standard InChI is InChI=1S/C13H15BClF3O3/c1-11(2)12(3,4)21-14(20-11)8-5-6-9(15)10(7-8)19-13(16,17)18/h5-7H,1-4H3. The van der Waals surface area contributed by atoms with Crippen LogP contribution in [0.4, 0.5) is 13.2 Å². The molecule has 2 rings (SSSR count). The highest BCUT2D eigenvalue weighted by Crippen LogP contribution is 2.37. The molecule has 0 saturated carbocycles. The van der Waals surface area contributed by atoms with Crippen LogP contribution in [0.15, 0.2) is 18.2 Å². The Labute approximate surface area is 126 Å². The van der Waals surface area contributed by atoms with Crippen LogP contribution in [0.1, 0.15) is 27.7 Å². The molecule has 116 valence electrons. The fourth-order valence-corrected chi connectivity index (χ4v) is 2.00. The van der Waals surface area contributed by atoms with Gasteiger partial charge in [-0.25, -0.2) is 0 Å². The quantitative estimate of drug-likeness (QED) is 0.780. The number of alkyl halides is 3. The Bertz CT molecular complexity index is 530. The van der Waals surface area contributed by atoms with Crippen molar-refractivity contribution in [2.24, 2.45) is 0 Å². The molecule has 1 heterocycles. The van der Waals surface area contributed by atoms with Gasteiger partial charge in [-0.3, -0.25) is 0 Å². The van der Waals surface area contributed by atoms with Gasteiger partial charge in [0.2, 0.25) is 0 Å². The summed E-state index contributed by atoms with van der Waals surface area (Å²) in [6.45, 7) is 7.43. The van der Waals surface area contributed by atoms with Crippen LogP contribution >= 0.6 is 11.6 Å². The number of rotatable bonds is 2. The van der Waals surface area contributed by atoms with E-state index in [4.69, 9.17) is 20.9 Å². The zero-order chi connectivity index (χ0) is 16.1. The minimum Gasteiger partial charge on any atom is -0.404 e. The Hall–Kier alpha value is -0.915. The van der Waals surface area contributed by atoms with Gasteiger partial charge in [0.05, 0.1) is 16.2 Å². The first-order valence-electron chi connectivity index (χ1n) is 6.32. The molecule has 1 saturated heterocycles. The lowest BCUT2D eigenvalue weighted by Crippen LogP contribution is -2.41. The van der Waals surface area contributed by atoms with Gasteiger partial charge in [-0.2, -0.15) is 0 Å². The van der Waals surface area contributed by atoms with Crippen molar-refractivity contribution in [3.05, 3.63) is 23.2 Å². The average Bonchev–Trinajstić information content (AvgIpc) is 2.49. The van der Waals surface area contributed by atoms with Crippen molar-refractivity contribution in [2.45, 2.75) is 45.3 Å². The Morgan fingerprint density at radius 1 is 1.10 bits per heavy atom. The van der Waals surface area contributed by atoms with Gasteiger partial charge in [0.15, 0.2) is 0 Å². The van der Waals surface area contributed by atoms with Crippen LogP contribution in [0.25, 0.3) is 0 Å². The number of ether oxygens (including phenoxy) is 1. The minimum atomic E-state index is -4.81. The third kappa shape index (κ3) is 3.47. The van der Waals surface area contributed by atoms with Crippen molar-refractivity contribution < 1.29 is 27.2 Å². The smallest absolute Gasteiger partial charge is 0.404 e. The number of halogens is 4. The maximum atomic E-state index is 12.3. The van der Waals surface area contributed by atoms with Gasteiger partial charge in [0, 0.05) is 0 Å². The van der Waals surface area contributed by atoms with Crippen molar-refractivity contribution in [3.8, 4) is 5.75 Å². The molecule has 8 heteroatoms. The third-order valence-corrected chi connectivity index (χ3v) is 4.02. The predicted molar refractivity (Wildman–Crippen MR) is 73.9 cm³/mol. The molecule has 21 heavy (non-hydrogen) atoms. The lowest BCUT2D eigenvalue weighted by atomic mass is 9.79. The van der Waals surface area contributed by atoms with Crippen LogP contribution in [0.5, 0.6) is 5.75 Å². The summed E-state index contributed by atoms with van der Waals surface area (Å²) in [5, 5.41) is -0.132. The summed E-state index contributed by atoms with van der Waals surface area (Å²) >= 11 is 5.71. The van der Waals surface area contributed by atoms with Crippen molar-refractivity contribution >= 4 is 24.2 Å². The zero-order valence-electron chi connectivity index (χ0n) is 12.0. The second kappa shape index (κ2) is 5.07. The van der Waals surface area contributed by atoms with Crippen LogP contribution in [-0.4, -0.2) is 24.7 Å². The molecule has 0 radical (unpaired) electrons. The molecule has 1 aromatic carbocycles. The Morgan fingerprint density at radius 3 is 2.10 bits per heavy atom. The third-order valence-electron chi connectivity index (χ3n) is 3.71. The van der Waals surface area contributed by atoms with Crippen LogP contribution in [0.3, 0.4) is 0 Å². The summed E-state index contributed by atoms with van der Waals surface area (Å²) in [5.74, 6) is -0.476. The fourth-order valence-electron chi connectivity index (χ4n) is 1.85. The molecule has 0 spiro atoms. The monoisotopic (exact) mass is 322 g/mol. The average molecular weight is 323 g/mol. The molecular formula is C13H15BClF3O3. The molecule has 0 unspecified atom stereocenters. The first kappa shape index (κ1) is 16.5. The molecule has 1 fully saturated rings. The number of hydrogen-bond acceptors (Lipinski definition) is 3. The Morgan fingerprint density at radius 2 is 1.62 bits per heavy atom. The van der Waals surface area contributed by atoms with Crippen molar-refractivity contribution in [1.29, 1.82) is 0 Å². The highest BCUT2D eigenvalue weighted by molar-refractivity contribution is 6.62. The molecule has 0 N–H and O–H groups in total. The van der Waals surface area contributed by atoms with Crippen molar-refractivity contribution in [2.75, 3.05) is 0 Å². The second-order valence-corrected chi connectivity index (χ2v) is 6.23. The topological polar surface area (TPSA) is 27.7 Å². The normalized spacial score (nSPS) is 20.7. The van der Waals surface area contributed by atoms with Crippen LogP contribution in [-0.2, 0) is 9.31 Å². The highest BCUT2D eigenvalue weighted by atomic mass is 35.5. The SMILES string of the molecule is CC1(C)OB(c2ccc(Cl)c(OC(F)(F)F)c2)OC1(C)C. The summed E-state index contributed by atoms with van der Waals surface area (Å²) in [4.78, 5) is 0. The van der Waals surface area contributed by atoms with Crippen LogP contribution in [0.2, 0.25) is 5.02 Å². The van der Waals surface area contributed by atoms with Gasteiger partial charge in [0.25, 0.3) is 0 Å². The highest BCUT2D eigenvalue weighted by Gasteiger charge is 2.51. The Balaban J connectivity index is 2.29. The fraction of sp³-hybridized carbons (Fsp3) is 0.538. The van der Waals surface area contributed by atoms with E-state index >= 15 is 0 Å². The van der Waals surface area contributed by atoms with E-state index in [1.807, 2.05) is 27.7 Å². The summed E-state index contributed by atoms with van der Waals surface area (Å²) in [6, 6.07) is 4.05.